The van der Waals surface area contributed by atoms with Crippen molar-refractivity contribution in [3.05, 3.63) is 30.3 Å². The third-order valence-corrected chi connectivity index (χ3v) is 2.09. The van der Waals surface area contributed by atoms with Gasteiger partial charge in [-0.1, -0.05) is 0 Å². The summed E-state index contributed by atoms with van der Waals surface area (Å²) in [6.07, 6.45) is 1.61. The van der Waals surface area contributed by atoms with E-state index in [-0.39, 0.29) is 5.82 Å². The lowest BCUT2D eigenvalue weighted by atomic mass is 10.1. The molecule has 78 valence electrons. The molecule has 0 aliphatic heterocycles. The molecular weight excluding hydrogens is 195 g/mol. The van der Waals surface area contributed by atoms with Crippen molar-refractivity contribution in [1.29, 1.82) is 0 Å². The van der Waals surface area contributed by atoms with E-state index < -0.39 is 0 Å². The van der Waals surface area contributed by atoms with Crippen molar-refractivity contribution in [3.63, 3.8) is 0 Å². The number of anilines is 1. The van der Waals surface area contributed by atoms with E-state index in [4.69, 9.17) is 0 Å². The highest BCUT2D eigenvalue weighted by Crippen LogP contribution is 2.25. The van der Waals surface area contributed by atoms with Crippen molar-refractivity contribution >= 4 is 5.69 Å². The largest absolute Gasteiger partial charge is 0.387 e. The Kier molecular flexibility index (Phi) is 2.37. The Morgan fingerprint density at radius 2 is 2.20 bits per heavy atom. The molecule has 0 aliphatic carbocycles. The van der Waals surface area contributed by atoms with Crippen LogP contribution in [0.3, 0.4) is 0 Å². The maximum atomic E-state index is 13.0. The highest BCUT2D eigenvalue weighted by atomic mass is 19.1. The van der Waals surface area contributed by atoms with Crippen LogP contribution in [-0.2, 0) is 7.05 Å². The average Bonchev–Trinajstić information content (AvgIpc) is 2.64. The summed E-state index contributed by atoms with van der Waals surface area (Å²) >= 11 is 0. The summed E-state index contributed by atoms with van der Waals surface area (Å²) in [5.41, 5.74) is 1.47. The van der Waals surface area contributed by atoms with Gasteiger partial charge in [0.1, 0.15) is 12.1 Å². The van der Waals surface area contributed by atoms with Gasteiger partial charge in [0.05, 0.1) is 0 Å². The monoisotopic (exact) mass is 206 g/mol. The summed E-state index contributed by atoms with van der Waals surface area (Å²) in [5, 5.41) is 7.08. The first-order valence-corrected chi connectivity index (χ1v) is 4.54. The minimum absolute atomic E-state index is 0.279. The Bertz CT molecular complexity index is 478. The average molecular weight is 206 g/mol. The molecule has 0 spiro atoms. The van der Waals surface area contributed by atoms with Gasteiger partial charge in [-0.2, -0.15) is 5.10 Å². The van der Waals surface area contributed by atoms with E-state index >= 15 is 0 Å². The van der Waals surface area contributed by atoms with Gasteiger partial charge in [-0.3, -0.25) is 4.68 Å². The first-order valence-electron chi connectivity index (χ1n) is 4.54. The fraction of sp³-hybridized carbons (Fsp3) is 0.200. The minimum Gasteiger partial charge on any atom is -0.387 e. The van der Waals surface area contributed by atoms with Crippen molar-refractivity contribution in [2.45, 2.75) is 0 Å². The molecule has 0 atom stereocenters. The smallest absolute Gasteiger partial charge is 0.183 e. The molecular formula is C10H11FN4. The fourth-order valence-corrected chi connectivity index (χ4v) is 1.38. The number of hydrogen-bond acceptors (Lipinski definition) is 3. The summed E-state index contributed by atoms with van der Waals surface area (Å²) in [4.78, 5) is 4.11. The van der Waals surface area contributed by atoms with Gasteiger partial charge >= 0.3 is 0 Å². The van der Waals surface area contributed by atoms with Crippen molar-refractivity contribution in [3.8, 4) is 11.4 Å². The van der Waals surface area contributed by atoms with Crippen LogP contribution in [0.1, 0.15) is 0 Å². The van der Waals surface area contributed by atoms with Gasteiger partial charge < -0.3 is 5.32 Å². The van der Waals surface area contributed by atoms with Crippen molar-refractivity contribution in [1.82, 2.24) is 14.8 Å². The van der Waals surface area contributed by atoms with Gasteiger partial charge in [-0.15, -0.1) is 0 Å². The number of halogens is 1. The van der Waals surface area contributed by atoms with Gasteiger partial charge in [0.15, 0.2) is 5.82 Å². The van der Waals surface area contributed by atoms with Crippen LogP contribution in [0, 0.1) is 5.82 Å². The van der Waals surface area contributed by atoms with Crippen LogP contribution in [-0.4, -0.2) is 21.8 Å². The number of hydrogen-bond donors (Lipinski definition) is 1. The van der Waals surface area contributed by atoms with E-state index in [9.17, 15) is 4.39 Å². The molecule has 2 rings (SSSR count). The molecule has 4 nitrogen and oxygen atoms in total. The fourth-order valence-electron chi connectivity index (χ4n) is 1.38. The van der Waals surface area contributed by atoms with E-state index in [1.54, 1.807) is 31.2 Å². The quantitative estimate of drug-likeness (QED) is 0.812. The molecule has 0 radical (unpaired) electrons. The summed E-state index contributed by atoms with van der Waals surface area (Å²) in [6, 6.07) is 4.48. The van der Waals surface area contributed by atoms with Gasteiger partial charge in [0, 0.05) is 25.3 Å². The third kappa shape index (κ3) is 1.81. The molecule has 15 heavy (non-hydrogen) atoms. The van der Waals surface area contributed by atoms with Crippen LogP contribution >= 0.6 is 0 Å². The number of benzene rings is 1. The van der Waals surface area contributed by atoms with Crippen molar-refractivity contribution in [2.24, 2.45) is 7.05 Å². The van der Waals surface area contributed by atoms with E-state index in [1.807, 2.05) is 0 Å². The topological polar surface area (TPSA) is 42.7 Å². The van der Waals surface area contributed by atoms with Crippen molar-refractivity contribution in [2.75, 3.05) is 12.4 Å². The highest BCUT2D eigenvalue weighted by molar-refractivity contribution is 5.72. The molecule has 1 heterocycles. The Labute approximate surface area is 86.8 Å². The number of rotatable bonds is 2. The van der Waals surface area contributed by atoms with Gasteiger partial charge in [0.2, 0.25) is 0 Å². The maximum absolute atomic E-state index is 13.0. The second-order valence-corrected chi connectivity index (χ2v) is 3.18. The van der Waals surface area contributed by atoms with Crippen molar-refractivity contribution < 1.29 is 4.39 Å². The highest BCUT2D eigenvalue weighted by Gasteiger charge is 2.08. The lowest BCUT2D eigenvalue weighted by Gasteiger charge is -2.05. The van der Waals surface area contributed by atoms with Crippen LogP contribution in [0.2, 0.25) is 0 Å². The Morgan fingerprint density at radius 3 is 2.80 bits per heavy atom. The van der Waals surface area contributed by atoms with Gasteiger partial charge in [-0.05, 0) is 18.2 Å². The molecule has 0 aliphatic rings. The molecule has 1 aromatic heterocycles. The minimum atomic E-state index is -0.279. The zero-order chi connectivity index (χ0) is 10.8. The third-order valence-electron chi connectivity index (χ3n) is 2.09. The van der Waals surface area contributed by atoms with Crippen LogP contribution in [0.4, 0.5) is 10.1 Å². The zero-order valence-corrected chi connectivity index (χ0v) is 8.53. The summed E-state index contributed by atoms with van der Waals surface area (Å²) in [6.45, 7) is 0. The van der Waals surface area contributed by atoms with Crippen LogP contribution in [0.15, 0.2) is 24.5 Å². The predicted molar refractivity (Wildman–Crippen MR) is 55.9 cm³/mol. The standard InChI is InChI=1S/C10H11FN4/c1-12-9-5-7(11)3-4-8(9)10-13-6-15(2)14-10/h3-6,12H,1-2H3. The number of aryl methyl sites for hydroxylation is 1. The molecule has 0 unspecified atom stereocenters. The van der Waals surface area contributed by atoms with E-state index in [0.29, 0.717) is 11.5 Å². The zero-order valence-electron chi connectivity index (χ0n) is 8.53. The molecule has 2 aromatic rings. The van der Waals surface area contributed by atoms with Crippen LogP contribution < -0.4 is 5.32 Å². The van der Waals surface area contributed by atoms with Crippen LogP contribution in [0.25, 0.3) is 11.4 Å². The summed E-state index contributed by atoms with van der Waals surface area (Å²) in [7, 11) is 3.53. The predicted octanol–water partition coefficient (Wildman–Crippen LogP) is 1.66. The Morgan fingerprint density at radius 1 is 1.40 bits per heavy atom. The summed E-state index contributed by atoms with van der Waals surface area (Å²) in [5.74, 6) is 0.306. The second-order valence-electron chi connectivity index (χ2n) is 3.18. The lowest BCUT2D eigenvalue weighted by molar-refractivity contribution is 0.628. The molecule has 0 saturated heterocycles. The van der Waals surface area contributed by atoms with E-state index in [2.05, 4.69) is 15.4 Å². The number of aromatic nitrogens is 3. The normalized spacial score (nSPS) is 10.3. The molecule has 0 fully saturated rings. The van der Waals surface area contributed by atoms with Crippen LogP contribution in [0.5, 0.6) is 0 Å². The SMILES string of the molecule is CNc1cc(F)ccc1-c1ncn(C)n1. The molecule has 5 heteroatoms. The summed E-state index contributed by atoms with van der Waals surface area (Å²) < 4.78 is 14.6. The molecule has 1 aromatic carbocycles. The first kappa shape index (κ1) is 9.64. The van der Waals surface area contributed by atoms with Gasteiger partial charge in [-0.25, -0.2) is 9.37 Å². The second kappa shape index (κ2) is 3.68. The first-order chi connectivity index (χ1) is 7.20. The molecule has 1 N–H and O–H groups in total. The van der Waals surface area contributed by atoms with E-state index in [0.717, 1.165) is 5.56 Å². The molecule has 0 bridgehead atoms. The Balaban J connectivity index is 2.52. The number of nitrogens with one attached hydrogen (secondary N) is 1. The maximum Gasteiger partial charge on any atom is 0.183 e. The lowest BCUT2D eigenvalue weighted by Crippen LogP contribution is -1.95. The molecule has 0 saturated carbocycles. The van der Waals surface area contributed by atoms with E-state index in [1.165, 1.54) is 12.1 Å². The Hall–Kier alpha value is -1.91. The number of nitrogens with zero attached hydrogens (tertiary/aromatic N) is 3. The molecule has 0 amide bonds. The van der Waals surface area contributed by atoms with Gasteiger partial charge in [0.25, 0.3) is 0 Å².